The number of hydroxylamine groups is 2. The highest BCUT2D eigenvalue weighted by Gasteiger charge is 2.27. The molecule has 2 aromatic rings. The van der Waals surface area contributed by atoms with E-state index in [1.165, 1.54) is 0 Å². The third kappa shape index (κ3) is 6.31. The largest absolute Gasteiger partial charge is 0.480 e. The van der Waals surface area contributed by atoms with E-state index >= 15 is 0 Å². The number of nitrogens with zero attached hydrogens (tertiary/aromatic N) is 1. The fourth-order valence-corrected chi connectivity index (χ4v) is 2.74. The Labute approximate surface area is 172 Å². The third-order valence-electron chi connectivity index (χ3n) is 4.11. The first-order valence-corrected chi connectivity index (χ1v) is 9.30. The van der Waals surface area contributed by atoms with Crippen molar-refractivity contribution in [1.29, 1.82) is 0 Å². The molecule has 0 radical (unpaired) electrons. The fourth-order valence-electron chi connectivity index (χ4n) is 2.74. The van der Waals surface area contributed by atoms with Crippen molar-refractivity contribution in [2.24, 2.45) is 0 Å². The molecular weight excluding hydrogens is 394 g/mol. The number of benzene rings is 1. The van der Waals surface area contributed by atoms with Crippen LogP contribution in [0, 0.1) is 0 Å². The van der Waals surface area contributed by atoms with Gasteiger partial charge >= 0.3 is 12.1 Å². The number of hydrogen-bond acceptors (Lipinski definition) is 6. The van der Waals surface area contributed by atoms with Crippen LogP contribution in [0.25, 0.3) is 10.9 Å². The molecule has 0 spiro atoms. The summed E-state index contributed by atoms with van der Waals surface area (Å²) in [6.45, 7) is 5.17. The van der Waals surface area contributed by atoms with Gasteiger partial charge in [0.2, 0.25) is 0 Å². The van der Waals surface area contributed by atoms with Gasteiger partial charge in [0.25, 0.3) is 11.8 Å². The molecule has 30 heavy (non-hydrogen) atoms. The normalized spacial score (nSPS) is 14.9. The molecule has 1 fully saturated rings. The van der Waals surface area contributed by atoms with E-state index in [2.05, 4.69) is 10.3 Å². The number of ether oxygens (including phenoxy) is 1. The number of H-pyrrole nitrogens is 1. The fraction of sp³-hybridized carbons (Fsp3) is 0.400. The Morgan fingerprint density at radius 3 is 2.30 bits per heavy atom. The van der Waals surface area contributed by atoms with Crippen LogP contribution in [-0.2, 0) is 25.5 Å². The first-order chi connectivity index (χ1) is 14.0. The number of carbonyl (C=O) groups excluding carboxylic acids is 3. The smallest absolute Gasteiger partial charge is 0.408 e. The number of alkyl carbamates (subject to hydrolysis) is 1. The summed E-state index contributed by atoms with van der Waals surface area (Å²) in [5, 5.41) is 21.2. The number of fused-ring (bicyclic) bond motifs is 1. The van der Waals surface area contributed by atoms with E-state index in [1.807, 2.05) is 24.3 Å². The monoisotopic (exact) mass is 419 g/mol. The maximum absolute atomic E-state index is 11.8. The molecule has 1 aliphatic rings. The quantitative estimate of drug-likeness (QED) is 0.438. The number of aliphatic carboxylic acids is 1. The van der Waals surface area contributed by atoms with Gasteiger partial charge in [-0.25, -0.2) is 9.59 Å². The number of aromatic nitrogens is 1. The van der Waals surface area contributed by atoms with Gasteiger partial charge in [-0.15, -0.1) is 0 Å². The number of nitrogens with one attached hydrogen (secondary N) is 2. The lowest BCUT2D eigenvalue weighted by atomic mass is 10.1. The number of carboxylic acid groups (broad SMARTS) is 1. The Kier molecular flexibility index (Phi) is 7.17. The Hall–Kier alpha value is -3.40. The van der Waals surface area contributed by atoms with Crippen molar-refractivity contribution < 1.29 is 34.2 Å². The molecule has 1 aromatic carbocycles. The zero-order chi connectivity index (χ0) is 22.5. The summed E-state index contributed by atoms with van der Waals surface area (Å²) in [6.07, 6.45) is 1.50. The van der Waals surface area contributed by atoms with E-state index in [-0.39, 0.29) is 24.3 Å². The van der Waals surface area contributed by atoms with Crippen molar-refractivity contribution >= 4 is 34.8 Å². The molecule has 0 unspecified atom stereocenters. The van der Waals surface area contributed by atoms with Gasteiger partial charge in [-0.1, -0.05) is 18.2 Å². The highest BCUT2D eigenvalue weighted by molar-refractivity contribution is 6.00. The van der Waals surface area contributed by atoms with Crippen LogP contribution in [-0.4, -0.2) is 55.9 Å². The minimum Gasteiger partial charge on any atom is -0.480 e. The van der Waals surface area contributed by atoms with Crippen LogP contribution in [0.4, 0.5) is 4.79 Å². The van der Waals surface area contributed by atoms with Crippen molar-refractivity contribution in [3.63, 3.8) is 0 Å². The highest BCUT2D eigenvalue weighted by Crippen LogP contribution is 2.19. The molecule has 0 bridgehead atoms. The number of amides is 3. The first kappa shape index (κ1) is 22.9. The molecule has 4 N–H and O–H groups in total. The summed E-state index contributed by atoms with van der Waals surface area (Å²) in [7, 11) is 0. The van der Waals surface area contributed by atoms with Gasteiger partial charge in [0, 0.05) is 36.4 Å². The summed E-state index contributed by atoms with van der Waals surface area (Å²) >= 11 is 0. The third-order valence-corrected chi connectivity index (χ3v) is 4.11. The Morgan fingerprint density at radius 1 is 1.20 bits per heavy atom. The van der Waals surface area contributed by atoms with Gasteiger partial charge in [-0.2, -0.15) is 5.06 Å². The van der Waals surface area contributed by atoms with Crippen LogP contribution in [0.3, 0.4) is 0 Å². The molecule has 1 atom stereocenters. The second-order valence-corrected chi connectivity index (χ2v) is 7.70. The number of hydrogen-bond donors (Lipinski definition) is 4. The number of carbonyl (C=O) groups is 4. The molecule has 3 rings (SSSR count). The molecule has 1 aliphatic heterocycles. The first-order valence-electron chi connectivity index (χ1n) is 9.30. The molecule has 1 aromatic heterocycles. The number of aromatic amines is 1. The Balaban J connectivity index is 0.000000335. The average molecular weight is 419 g/mol. The number of rotatable bonds is 4. The van der Waals surface area contributed by atoms with E-state index in [0.29, 0.717) is 0 Å². The van der Waals surface area contributed by atoms with Crippen LogP contribution in [0.2, 0.25) is 0 Å². The molecule has 3 amide bonds. The van der Waals surface area contributed by atoms with E-state index in [9.17, 15) is 24.3 Å². The minimum atomic E-state index is -1.10. The molecule has 10 nitrogen and oxygen atoms in total. The van der Waals surface area contributed by atoms with Crippen LogP contribution in [0.15, 0.2) is 30.5 Å². The van der Waals surface area contributed by atoms with E-state index in [4.69, 9.17) is 9.94 Å². The van der Waals surface area contributed by atoms with Gasteiger partial charge in [0.15, 0.2) is 0 Å². The van der Waals surface area contributed by atoms with Gasteiger partial charge in [-0.05, 0) is 32.4 Å². The average Bonchev–Trinajstić information content (AvgIpc) is 3.19. The standard InChI is InChI=1S/C16H20N2O4.C4H5NO3/c1-16(2,3)22-15(21)18-13(14(19)20)8-10-9-17-12-7-5-4-6-11(10)12;6-3-1-2-4(7)5(3)8/h4-7,9,13,17H,8H2,1-3H3,(H,18,21)(H,19,20);8H,1-2H2/t13-;/m0./s1. The zero-order valence-electron chi connectivity index (χ0n) is 17.0. The van der Waals surface area contributed by atoms with Crippen LogP contribution < -0.4 is 5.32 Å². The Bertz CT molecular complexity index is 929. The number of para-hydroxylation sites is 1. The molecule has 1 saturated heterocycles. The van der Waals surface area contributed by atoms with E-state index < -0.39 is 35.5 Å². The summed E-state index contributed by atoms with van der Waals surface area (Å²) in [6, 6.07) is 6.56. The predicted octanol–water partition coefficient (Wildman–Crippen LogP) is 2.21. The van der Waals surface area contributed by atoms with Crippen molar-refractivity contribution in [1.82, 2.24) is 15.4 Å². The summed E-state index contributed by atoms with van der Waals surface area (Å²) in [5.41, 5.74) is 1.09. The van der Waals surface area contributed by atoms with Crippen LogP contribution >= 0.6 is 0 Å². The lowest BCUT2D eigenvalue weighted by Gasteiger charge is -2.21. The van der Waals surface area contributed by atoms with Crippen LogP contribution in [0.5, 0.6) is 0 Å². The highest BCUT2D eigenvalue weighted by atomic mass is 16.6. The molecular formula is C20H25N3O7. The lowest BCUT2D eigenvalue weighted by Crippen LogP contribution is -2.44. The summed E-state index contributed by atoms with van der Waals surface area (Å²) in [5.74, 6) is -2.11. The molecule has 2 heterocycles. The summed E-state index contributed by atoms with van der Waals surface area (Å²) in [4.78, 5) is 46.7. The number of imide groups is 1. The van der Waals surface area contributed by atoms with E-state index in [1.54, 1.807) is 27.0 Å². The number of carboxylic acids is 1. The molecule has 162 valence electrons. The van der Waals surface area contributed by atoms with Crippen molar-refractivity contribution in [3.05, 3.63) is 36.0 Å². The van der Waals surface area contributed by atoms with Crippen molar-refractivity contribution in [2.45, 2.75) is 51.7 Å². The second-order valence-electron chi connectivity index (χ2n) is 7.70. The maximum atomic E-state index is 11.8. The predicted molar refractivity (Wildman–Crippen MR) is 106 cm³/mol. The molecule has 10 heteroatoms. The second kappa shape index (κ2) is 9.40. The molecule has 0 saturated carbocycles. The van der Waals surface area contributed by atoms with E-state index in [0.717, 1.165) is 16.5 Å². The topological polar surface area (TPSA) is 149 Å². The lowest BCUT2D eigenvalue weighted by molar-refractivity contribution is -0.171. The van der Waals surface area contributed by atoms with Crippen LogP contribution in [0.1, 0.15) is 39.2 Å². The van der Waals surface area contributed by atoms with Gasteiger partial charge in [0.05, 0.1) is 0 Å². The summed E-state index contributed by atoms with van der Waals surface area (Å²) < 4.78 is 5.10. The minimum absolute atomic E-state index is 0.148. The van der Waals surface area contributed by atoms with Crippen molar-refractivity contribution in [3.8, 4) is 0 Å². The van der Waals surface area contributed by atoms with Gasteiger partial charge in [-0.3, -0.25) is 14.8 Å². The molecule has 0 aliphatic carbocycles. The SMILES string of the molecule is CC(C)(C)OC(=O)N[C@@H](Cc1c[nH]c2ccccc12)C(=O)O.O=C1CCC(=O)N1O. The van der Waals surface area contributed by atoms with Gasteiger partial charge in [0.1, 0.15) is 11.6 Å². The maximum Gasteiger partial charge on any atom is 0.408 e. The zero-order valence-corrected chi connectivity index (χ0v) is 17.0. The van der Waals surface area contributed by atoms with Crippen molar-refractivity contribution in [2.75, 3.05) is 0 Å². The Morgan fingerprint density at radius 2 is 1.80 bits per heavy atom. The van der Waals surface area contributed by atoms with Gasteiger partial charge < -0.3 is 20.1 Å².